The topological polar surface area (TPSA) is 185 Å². The summed E-state index contributed by atoms with van der Waals surface area (Å²) in [4.78, 5) is 24.8. The minimum Gasteiger partial charge on any atom is -0.496 e. The van der Waals surface area contributed by atoms with Crippen molar-refractivity contribution in [1.82, 2.24) is 10.6 Å². The van der Waals surface area contributed by atoms with E-state index in [2.05, 4.69) is 27.0 Å². The second kappa shape index (κ2) is 23.9. The van der Waals surface area contributed by atoms with Gasteiger partial charge in [-0.05, 0) is 127 Å². The van der Waals surface area contributed by atoms with E-state index in [4.69, 9.17) is 42.6 Å². The summed E-state index contributed by atoms with van der Waals surface area (Å²) >= 11 is 0. The number of carbonyl (C=O) groups excluding carboxylic acids is 2. The molecular weight excluding hydrogens is 930 g/mol. The van der Waals surface area contributed by atoms with Crippen molar-refractivity contribution in [3.63, 3.8) is 0 Å². The molecule has 0 spiro atoms. The molecule has 2 aliphatic rings. The summed E-state index contributed by atoms with van der Waals surface area (Å²) in [6.07, 6.45) is 3.51. The van der Waals surface area contributed by atoms with E-state index in [0.717, 1.165) is 39.7 Å². The number of carbonyl (C=O) groups is 2. The maximum Gasteiger partial charge on any atom is 0.534 e. The van der Waals surface area contributed by atoms with Gasteiger partial charge in [-0.3, -0.25) is 0 Å². The van der Waals surface area contributed by atoms with Gasteiger partial charge in [-0.25, -0.2) is 9.59 Å². The van der Waals surface area contributed by atoms with Crippen molar-refractivity contribution in [2.75, 3.05) is 49.8 Å². The average Bonchev–Trinajstić information content (AvgIpc) is 3.51. The Kier molecular flexibility index (Phi) is 20.4. The van der Waals surface area contributed by atoms with Crippen LogP contribution in [0.2, 0.25) is 0 Å². The summed E-state index contributed by atoms with van der Waals surface area (Å²) in [6.45, 7) is 12.5. The van der Waals surface area contributed by atoms with E-state index >= 15 is 0 Å². The number of ether oxygens (including phenoxy) is 9. The van der Waals surface area contributed by atoms with Crippen LogP contribution in [-0.4, -0.2) is 99.2 Å². The number of halogens is 3. The summed E-state index contributed by atoms with van der Waals surface area (Å²) < 4.78 is 116. The number of alkyl carbamates (subject to hydrolysis) is 2. The van der Waals surface area contributed by atoms with E-state index in [0.29, 0.717) is 35.7 Å². The zero-order valence-electron chi connectivity index (χ0n) is 40.3. The maximum absolute atomic E-state index is 13.1. The van der Waals surface area contributed by atoms with E-state index in [1.165, 1.54) is 27.4 Å². The number of alkyl halides is 3. The Morgan fingerprint density at radius 1 is 0.594 bits per heavy atom. The molecule has 0 bridgehead atoms. The van der Waals surface area contributed by atoms with Gasteiger partial charge in [0.05, 0.1) is 61.9 Å². The molecule has 2 amide bonds. The molecule has 386 valence electrons. The minimum absolute atomic E-state index is 0. The molecule has 20 heteroatoms. The number of fused-ring (bicyclic) bond motifs is 2. The fraction of sp³-hybridized carbons (Fsp3) is 0.510. The lowest BCUT2D eigenvalue weighted by atomic mass is 9.91. The van der Waals surface area contributed by atoms with Gasteiger partial charge in [-0.2, -0.15) is 21.6 Å². The largest absolute Gasteiger partial charge is 0.534 e. The Morgan fingerprint density at radius 2 is 1.01 bits per heavy atom. The molecule has 2 N–H and O–H groups in total. The molecule has 0 saturated carbocycles. The van der Waals surface area contributed by atoms with Gasteiger partial charge in [-0.15, -0.1) is 0 Å². The second-order valence-electron chi connectivity index (χ2n) is 17.2. The second-order valence-corrected chi connectivity index (χ2v) is 18.7. The first-order valence-electron chi connectivity index (χ1n) is 21.0. The lowest BCUT2D eigenvalue weighted by Gasteiger charge is -2.22. The Balaban J connectivity index is 0.000000460. The highest BCUT2D eigenvalue weighted by Crippen LogP contribution is 2.48. The molecule has 5 rings (SSSR count). The van der Waals surface area contributed by atoms with Gasteiger partial charge in [0.25, 0.3) is 0 Å². The Hall–Kier alpha value is -6.18. The van der Waals surface area contributed by atoms with Gasteiger partial charge in [-0.1, -0.05) is 27.0 Å². The first-order chi connectivity index (χ1) is 31.2. The van der Waals surface area contributed by atoms with Crippen molar-refractivity contribution in [2.24, 2.45) is 0 Å². The van der Waals surface area contributed by atoms with Crippen LogP contribution in [0.1, 0.15) is 103 Å². The maximum atomic E-state index is 13.1. The van der Waals surface area contributed by atoms with Crippen LogP contribution in [0.25, 0.3) is 11.3 Å². The van der Waals surface area contributed by atoms with Crippen molar-refractivity contribution in [2.45, 2.75) is 118 Å². The first kappa shape index (κ1) is 58.9. The van der Waals surface area contributed by atoms with Gasteiger partial charge in [0.15, 0.2) is 23.0 Å². The van der Waals surface area contributed by atoms with Crippen LogP contribution >= 0.6 is 0 Å². The quantitative estimate of drug-likeness (QED) is 0.129. The first-order valence-corrected chi connectivity index (χ1v) is 22.4. The Bertz CT molecular complexity index is 2460. The van der Waals surface area contributed by atoms with E-state index in [9.17, 15) is 31.2 Å². The molecule has 0 radical (unpaired) electrons. The molecule has 0 fully saturated rings. The number of rotatable bonds is 12. The summed E-state index contributed by atoms with van der Waals surface area (Å²) in [5, 5.41) is 5.52. The zero-order chi connectivity index (χ0) is 50.2. The minimum atomic E-state index is -6.02. The fourth-order valence-corrected chi connectivity index (χ4v) is 7.88. The summed E-state index contributed by atoms with van der Waals surface area (Å²) in [5.74, 6) is 2.28. The van der Waals surface area contributed by atoms with Gasteiger partial charge >= 0.3 is 27.8 Å². The van der Waals surface area contributed by atoms with Crippen LogP contribution in [0.4, 0.5) is 22.8 Å². The number of amides is 2. The van der Waals surface area contributed by atoms with Crippen LogP contribution in [-0.2, 0) is 36.6 Å². The molecular formula is C49H69F3N2O14S. The average molecular weight is 999 g/mol. The zero-order valence-corrected chi connectivity index (χ0v) is 41.1. The number of hydrogen-bond donors (Lipinski definition) is 2. The molecule has 3 aromatic rings. The molecule has 2 aliphatic carbocycles. The monoisotopic (exact) mass is 998 g/mol. The highest BCUT2D eigenvalue weighted by Gasteiger charge is 2.49. The predicted octanol–water partition coefficient (Wildman–Crippen LogP) is 10.3. The third kappa shape index (κ3) is 14.7. The standard InChI is InChI=1S/C27H35NO6.C20H26F3NO8S.2CH4/c1-16-13-17(9-12-22(16)30-5)20-14-18(28-26(29)34-27(2,3)4)10-11-19-21(20)15-23(31-6)25(33-8)24(19)32-7;1-19(2,3)31-18(25)24-11-7-8-12-13(10-15(28-4)17(30-6)16(12)29-5)14(9-11)32-33(26,27)20(21,22)23;;/h9,12-15,18H,10-11H2,1-8H3,(H,28,29);9-11H,7-8H2,1-6H3,(H,24,25);2*1H4/t18-;11-;;/m11../s1. The van der Waals surface area contributed by atoms with E-state index in [1.54, 1.807) is 49.2 Å². The molecule has 0 saturated heterocycles. The summed E-state index contributed by atoms with van der Waals surface area (Å²) in [7, 11) is 4.42. The highest BCUT2D eigenvalue weighted by atomic mass is 32.2. The van der Waals surface area contributed by atoms with Gasteiger partial charge in [0.1, 0.15) is 22.7 Å². The molecule has 16 nitrogen and oxygen atoms in total. The molecule has 69 heavy (non-hydrogen) atoms. The smallest absolute Gasteiger partial charge is 0.496 e. The van der Waals surface area contributed by atoms with Crippen LogP contribution < -0.4 is 43.8 Å². The predicted molar refractivity (Wildman–Crippen MR) is 257 cm³/mol. The SMILES string of the molecule is C.C.COc1cc2c(c(OC)c1OC)CC[C@@H](NC(=O)OC(C)(C)C)C=C2OS(=O)(=O)C(F)(F)F.COc1ccc(C2=C[C@H](NC(=O)OC(C)(C)C)CCc3c2cc(OC)c(OC)c3OC)cc1C. The molecule has 0 unspecified atom stereocenters. The lowest BCUT2D eigenvalue weighted by Crippen LogP contribution is -2.38. The van der Waals surface area contributed by atoms with Crippen molar-refractivity contribution >= 4 is 33.6 Å². The van der Waals surface area contributed by atoms with E-state index in [1.807, 2.05) is 45.9 Å². The molecule has 3 aromatic carbocycles. The van der Waals surface area contributed by atoms with Crippen LogP contribution in [0.3, 0.4) is 0 Å². The van der Waals surface area contributed by atoms with Crippen LogP contribution in [0.15, 0.2) is 42.5 Å². The van der Waals surface area contributed by atoms with Crippen molar-refractivity contribution in [3.8, 4) is 40.2 Å². The summed E-state index contributed by atoms with van der Waals surface area (Å²) in [5.41, 5.74) is -1.87. The van der Waals surface area contributed by atoms with Gasteiger partial charge < -0.3 is 57.4 Å². The van der Waals surface area contributed by atoms with Crippen LogP contribution in [0, 0.1) is 6.92 Å². The fourth-order valence-electron chi connectivity index (χ4n) is 7.40. The van der Waals surface area contributed by atoms with Crippen molar-refractivity contribution in [1.29, 1.82) is 0 Å². The molecule has 0 aromatic heterocycles. The number of hydrogen-bond acceptors (Lipinski definition) is 14. The Labute approximate surface area is 404 Å². The third-order valence-corrected chi connectivity index (χ3v) is 11.1. The van der Waals surface area contributed by atoms with Crippen molar-refractivity contribution in [3.05, 3.63) is 75.9 Å². The number of aryl methyl sites for hydroxylation is 1. The normalized spacial score (nSPS) is 15.6. The van der Waals surface area contributed by atoms with Gasteiger partial charge in [0.2, 0.25) is 11.5 Å². The van der Waals surface area contributed by atoms with E-state index in [-0.39, 0.29) is 56.5 Å². The van der Waals surface area contributed by atoms with Crippen molar-refractivity contribution < 1.29 is 78.0 Å². The van der Waals surface area contributed by atoms with Gasteiger partial charge in [0, 0.05) is 16.7 Å². The number of nitrogens with one attached hydrogen (secondary N) is 2. The third-order valence-electron chi connectivity index (χ3n) is 10.1. The highest BCUT2D eigenvalue weighted by molar-refractivity contribution is 7.87. The Morgan fingerprint density at radius 3 is 1.41 bits per heavy atom. The number of benzene rings is 3. The van der Waals surface area contributed by atoms with E-state index < -0.39 is 50.8 Å². The molecule has 2 atom stereocenters. The molecule has 0 heterocycles. The number of methoxy groups -OCH3 is 7. The summed E-state index contributed by atoms with van der Waals surface area (Å²) in [6, 6.07) is 8.12. The molecule has 0 aliphatic heterocycles. The lowest BCUT2D eigenvalue weighted by molar-refractivity contribution is -0.0509. The van der Waals surface area contributed by atoms with Crippen LogP contribution in [0.5, 0.6) is 40.2 Å².